The molecule has 1 unspecified atom stereocenters. The SMILES string of the molecule is CCc1ccc(CC(O)CC)cc1. The van der Waals surface area contributed by atoms with Crippen LogP contribution in [0.1, 0.15) is 31.4 Å². The Labute approximate surface area is 80.4 Å². The van der Waals surface area contributed by atoms with Gasteiger partial charge in [0.2, 0.25) is 0 Å². The van der Waals surface area contributed by atoms with Gasteiger partial charge in [0.25, 0.3) is 0 Å². The Hall–Kier alpha value is -0.820. The summed E-state index contributed by atoms with van der Waals surface area (Å²) < 4.78 is 0. The molecule has 0 bridgehead atoms. The molecule has 72 valence electrons. The molecule has 1 rings (SSSR count). The standard InChI is InChI=1S/C12H18O/c1-3-10-5-7-11(8-6-10)9-12(13)4-2/h5-8,12-13H,3-4,9H2,1-2H3. The largest absolute Gasteiger partial charge is 0.393 e. The molecule has 1 nitrogen and oxygen atoms in total. The summed E-state index contributed by atoms with van der Waals surface area (Å²) in [5.41, 5.74) is 2.58. The molecular formula is C12H18O. The summed E-state index contributed by atoms with van der Waals surface area (Å²) in [4.78, 5) is 0. The van der Waals surface area contributed by atoms with Gasteiger partial charge in [-0.05, 0) is 30.4 Å². The maximum absolute atomic E-state index is 9.44. The molecule has 0 aliphatic heterocycles. The molecule has 0 fully saturated rings. The highest BCUT2D eigenvalue weighted by Crippen LogP contribution is 2.08. The molecule has 0 heterocycles. The summed E-state index contributed by atoms with van der Waals surface area (Å²) in [6.45, 7) is 4.15. The topological polar surface area (TPSA) is 20.2 Å². The highest BCUT2D eigenvalue weighted by molar-refractivity contribution is 5.22. The number of benzene rings is 1. The molecule has 1 atom stereocenters. The van der Waals surface area contributed by atoms with Crippen LogP contribution in [0.15, 0.2) is 24.3 Å². The van der Waals surface area contributed by atoms with Crippen LogP contribution in [-0.4, -0.2) is 11.2 Å². The molecule has 0 aromatic heterocycles. The van der Waals surface area contributed by atoms with E-state index < -0.39 is 0 Å². The number of aryl methyl sites for hydroxylation is 1. The molecule has 0 saturated carbocycles. The number of rotatable bonds is 4. The quantitative estimate of drug-likeness (QED) is 0.751. The van der Waals surface area contributed by atoms with Crippen molar-refractivity contribution < 1.29 is 5.11 Å². The summed E-state index contributed by atoms with van der Waals surface area (Å²) in [5.74, 6) is 0. The van der Waals surface area contributed by atoms with Gasteiger partial charge in [-0.1, -0.05) is 38.1 Å². The normalized spacial score (nSPS) is 12.8. The molecule has 13 heavy (non-hydrogen) atoms. The minimum atomic E-state index is -0.188. The van der Waals surface area contributed by atoms with Crippen molar-refractivity contribution in [1.29, 1.82) is 0 Å². The predicted molar refractivity (Wildman–Crippen MR) is 55.8 cm³/mol. The number of aliphatic hydroxyl groups is 1. The second-order valence-corrected chi connectivity index (χ2v) is 3.44. The predicted octanol–water partition coefficient (Wildman–Crippen LogP) is 2.56. The Bertz CT molecular complexity index is 238. The van der Waals surface area contributed by atoms with E-state index in [1.165, 1.54) is 11.1 Å². The minimum absolute atomic E-state index is 0.188. The maximum Gasteiger partial charge on any atom is 0.0577 e. The van der Waals surface area contributed by atoms with Crippen LogP contribution in [0.5, 0.6) is 0 Å². The van der Waals surface area contributed by atoms with Gasteiger partial charge in [-0.15, -0.1) is 0 Å². The summed E-state index contributed by atoms with van der Waals surface area (Å²) in [6.07, 6.45) is 2.50. The van der Waals surface area contributed by atoms with Crippen molar-refractivity contribution in [3.63, 3.8) is 0 Å². The van der Waals surface area contributed by atoms with Crippen LogP contribution in [0.4, 0.5) is 0 Å². The fourth-order valence-electron chi connectivity index (χ4n) is 1.33. The lowest BCUT2D eigenvalue weighted by molar-refractivity contribution is 0.171. The van der Waals surface area contributed by atoms with Crippen LogP contribution in [0.25, 0.3) is 0 Å². The van der Waals surface area contributed by atoms with Crippen LogP contribution in [0.3, 0.4) is 0 Å². The maximum atomic E-state index is 9.44. The van der Waals surface area contributed by atoms with E-state index in [1.807, 2.05) is 6.92 Å². The van der Waals surface area contributed by atoms with E-state index in [0.29, 0.717) is 0 Å². The lowest BCUT2D eigenvalue weighted by Gasteiger charge is -2.07. The first-order valence-electron chi connectivity index (χ1n) is 5.02. The first kappa shape index (κ1) is 10.3. The number of hydrogen-bond donors (Lipinski definition) is 1. The van der Waals surface area contributed by atoms with E-state index in [2.05, 4.69) is 31.2 Å². The van der Waals surface area contributed by atoms with Gasteiger partial charge in [-0.3, -0.25) is 0 Å². The number of aliphatic hydroxyl groups excluding tert-OH is 1. The lowest BCUT2D eigenvalue weighted by atomic mass is 10.0. The molecule has 0 aliphatic carbocycles. The third-order valence-corrected chi connectivity index (χ3v) is 2.37. The molecule has 1 aromatic rings. The van der Waals surface area contributed by atoms with Gasteiger partial charge >= 0.3 is 0 Å². The Morgan fingerprint density at radius 1 is 1.08 bits per heavy atom. The van der Waals surface area contributed by atoms with Crippen molar-refractivity contribution in [2.45, 2.75) is 39.2 Å². The second-order valence-electron chi connectivity index (χ2n) is 3.44. The molecule has 1 heteroatoms. The third kappa shape index (κ3) is 3.19. The Morgan fingerprint density at radius 3 is 2.08 bits per heavy atom. The highest BCUT2D eigenvalue weighted by Gasteiger charge is 2.01. The highest BCUT2D eigenvalue weighted by atomic mass is 16.3. The van der Waals surface area contributed by atoms with Gasteiger partial charge in [0, 0.05) is 0 Å². The van der Waals surface area contributed by atoms with Gasteiger partial charge in [-0.2, -0.15) is 0 Å². The molecule has 0 amide bonds. The van der Waals surface area contributed by atoms with Crippen molar-refractivity contribution in [2.24, 2.45) is 0 Å². The summed E-state index contributed by atoms with van der Waals surface area (Å²) in [7, 11) is 0. The van der Waals surface area contributed by atoms with Gasteiger partial charge in [0.05, 0.1) is 6.10 Å². The van der Waals surface area contributed by atoms with Crippen LogP contribution >= 0.6 is 0 Å². The minimum Gasteiger partial charge on any atom is -0.393 e. The van der Waals surface area contributed by atoms with Crippen LogP contribution in [0.2, 0.25) is 0 Å². The molecule has 1 N–H and O–H groups in total. The monoisotopic (exact) mass is 178 g/mol. The summed E-state index contributed by atoms with van der Waals surface area (Å²) in [6, 6.07) is 8.49. The van der Waals surface area contributed by atoms with Crippen LogP contribution in [0, 0.1) is 0 Å². The van der Waals surface area contributed by atoms with E-state index >= 15 is 0 Å². The third-order valence-electron chi connectivity index (χ3n) is 2.37. The Kier molecular flexibility index (Phi) is 3.97. The molecule has 0 radical (unpaired) electrons. The zero-order valence-electron chi connectivity index (χ0n) is 8.46. The van der Waals surface area contributed by atoms with Crippen LogP contribution < -0.4 is 0 Å². The number of hydrogen-bond acceptors (Lipinski definition) is 1. The average Bonchev–Trinajstić information content (AvgIpc) is 2.19. The average molecular weight is 178 g/mol. The van der Waals surface area contributed by atoms with Crippen molar-refractivity contribution in [3.8, 4) is 0 Å². The van der Waals surface area contributed by atoms with E-state index in [0.717, 1.165) is 19.3 Å². The molecule has 0 aliphatic rings. The first-order valence-corrected chi connectivity index (χ1v) is 5.02. The lowest BCUT2D eigenvalue weighted by Crippen LogP contribution is -2.08. The smallest absolute Gasteiger partial charge is 0.0577 e. The van der Waals surface area contributed by atoms with Crippen molar-refractivity contribution in [1.82, 2.24) is 0 Å². The fourth-order valence-corrected chi connectivity index (χ4v) is 1.33. The zero-order chi connectivity index (χ0) is 9.68. The second kappa shape index (κ2) is 5.03. The molecule has 0 spiro atoms. The Morgan fingerprint density at radius 2 is 1.62 bits per heavy atom. The summed E-state index contributed by atoms with van der Waals surface area (Å²) in [5, 5.41) is 9.44. The van der Waals surface area contributed by atoms with Gasteiger partial charge in [0.1, 0.15) is 0 Å². The van der Waals surface area contributed by atoms with E-state index in [4.69, 9.17) is 0 Å². The first-order chi connectivity index (χ1) is 6.26. The van der Waals surface area contributed by atoms with Crippen molar-refractivity contribution in [3.05, 3.63) is 35.4 Å². The molecule has 0 saturated heterocycles. The van der Waals surface area contributed by atoms with Gasteiger partial charge in [-0.25, -0.2) is 0 Å². The van der Waals surface area contributed by atoms with E-state index in [1.54, 1.807) is 0 Å². The Balaban J connectivity index is 2.58. The molecule has 1 aromatic carbocycles. The van der Waals surface area contributed by atoms with E-state index in [-0.39, 0.29) is 6.10 Å². The van der Waals surface area contributed by atoms with Crippen molar-refractivity contribution >= 4 is 0 Å². The van der Waals surface area contributed by atoms with E-state index in [9.17, 15) is 5.11 Å². The fraction of sp³-hybridized carbons (Fsp3) is 0.500. The molecular weight excluding hydrogens is 160 g/mol. The van der Waals surface area contributed by atoms with Gasteiger partial charge < -0.3 is 5.11 Å². The van der Waals surface area contributed by atoms with Crippen molar-refractivity contribution in [2.75, 3.05) is 0 Å². The van der Waals surface area contributed by atoms with Gasteiger partial charge in [0.15, 0.2) is 0 Å². The van der Waals surface area contributed by atoms with Crippen LogP contribution in [-0.2, 0) is 12.8 Å². The summed E-state index contributed by atoms with van der Waals surface area (Å²) >= 11 is 0. The zero-order valence-corrected chi connectivity index (χ0v) is 8.46.